The van der Waals surface area contributed by atoms with Gasteiger partial charge in [-0.25, -0.2) is 0 Å². The average molecular weight is 197 g/mol. The van der Waals surface area contributed by atoms with Gasteiger partial charge >= 0.3 is 0 Å². The van der Waals surface area contributed by atoms with Crippen LogP contribution in [0, 0.1) is 11.8 Å². The highest BCUT2D eigenvalue weighted by atomic mass is 16.5. The van der Waals surface area contributed by atoms with Crippen molar-refractivity contribution in [3.8, 4) is 0 Å². The molecule has 0 bridgehead atoms. The number of nitrogens with one attached hydrogen (secondary N) is 1. The van der Waals surface area contributed by atoms with Gasteiger partial charge in [-0.1, -0.05) is 0 Å². The Balaban J connectivity index is 1.76. The Labute approximate surface area is 87.4 Å². The minimum Gasteiger partial charge on any atom is -0.377 e. The molecule has 0 saturated heterocycles. The standard InChI is InChI=1S/C12H23NO/c1-12(2,14-3)8-13-11(9-4-5-9)10-6-7-10/h9-11,13H,4-8H2,1-3H3. The van der Waals surface area contributed by atoms with Gasteiger partial charge < -0.3 is 10.1 Å². The van der Waals surface area contributed by atoms with Gasteiger partial charge in [-0.15, -0.1) is 0 Å². The Bertz CT molecular complexity index is 182. The molecule has 0 unspecified atom stereocenters. The van der Waals surface area contributed by atoms with Crippen molar-refractivity contribution in [3.05, 3.63) is 0 Å². The predicted molar refractivity (Wildman–Crippen MR) is 58.3 cm³/mol. The highest BCUT2D eigenvalue weighted by molar-refractivity contribution is 4.97. The monoisotopic (exact) mass is 197 g/mol. The highest BCUT2D eigenvalue weighted by Crippen LogP contribution is 2.44. The van der Waals surface area contributed by atoms with Gasteiger partial charge in [0.25, 0.3) is 0 Å². The Morgan fingerprint density at radius 3 is 2.07 bits per heavy atom. The zero-order valence-corrected chi connectivity index (χ0v) is 9.68. The van der Waals surface area contributed by atoms with Gasteiger partial charge in [0.15, 0.2) is 0 Å². The van der Waals surface area contributed by atoms with Crippen LogP contribution in [0.15, 0.2) is 0 Å². The van der Waals surface area contributed by atoms with Crippen LogP contribution in [0.3, 0.4) is 0 Å². The van der Waals surface area contributed by atoms with Crippen LogP contribution < -0.4 is 5.32 Å². The maximum absolute atomic E-state index is 5.43. The van der Waals surface area contributed by atoms with E-state index in [1.807, 2.05) is 0 Å². The molecule has 1 N–H and O–H groups in total. The number of hydrogen-bond acceptors (Lipinski definition) is 2. The van der Waals surface area contributed by atoms with Gasteiger partial charge in [-0.05, 0) is 51.4 Å². The fraction of sp³-hybridized carbons (Fsp3) is 1.00. The van der Waals surface area contributed by atoms with Gasteiger partial charge in [-0.3, -0.25) is 0 Å². The number of ether oxygens (including phenoxy) is 1. The molecule has 0 aromatic rings. The van der Waals surface area contributed by atoms with Crippen molar-refractivity contribution in [2.45, 2.75) is 51.2 Å². The summed E-state index contributed by atoms with van der Waals surface area (Å²) in [5, 5.41) is 3.71. The summed E-state index contributed by atoms with van der Waals surface area (Å²) in [5.41, 5.74) is -0.0119. The average Bonchev–Trinajstić information content (AvgIpc) is 2.99. The van der Waals surface area contributed by atoms with Gasteiger partial charge in [-0.2, -0.15) is 0 Å². The van der Waals surface area contributed by atoms with Gasteiger partial charge in [0, 0.05) is 19.7 Å². The van der Waals surface area contributed by atoms with Crippen molar-refractivity contribution in [1.29, 1.82) is 0 Å². The van der Waals surface area contributed by atoms with E-state index >= 15 is 0 Å². The molecule has 2 heteroatoms. The van der Waals surface area contributed by atoms with Crippen LogP contribution in [0.25, 0.3) is 0 Å². The summed E-state index contributed by atoms with van der Waals surface area (Å²) < 4.78 is 5.43. The van der Waals surface area contributed by atoms with E-state index in [9.17, 15) is 0 Å². The molecule has 2 saturated carbocycles. The summed E-state index contributed by atoms with van der Waals surface area (Å²) in [4.78, 5) is 0. The fourth-order valence-corrected chi connectivity index (χ4v) is 2.06. The molecule has 0 radical (unpaired) electrons. The first kappa shape index (κ1) is 10.4. The van der Waals surface area contributed by atoms with Crippen molar-refractivity contribution in [2.24, 2.45) is 11.8 Å². The van der Waals surface area contributed by atoms with E-state index in [0.29, 0.717) is 0 Å². The number of rotatable bonds is 6. The van der Waals surface area contributed by atoms with Gasteiger partial charge in [0.1, 0.15) is 0 Å². The zero-order chi connectivity index (χ0) is 10.2. The molecule has 2 fully saturated rings. The van der Waals surface area contributed by atoms with Crippen LogP contribution in [0.1, 0.15) is 39.5 Å². The highest BCUT2D eigenvalue weighted by Gasteiger charge is 2.41. The van der Waals surface area contributed by atoms with E-state index < -0.39 is 0 Å². The third-order valence-corrected chi connectivity index (χ3v) is 3.58. The van der Waals surface area contributed by atoms with E-state index in [4.69, 9.17) is 4.74 Å². The lowest BCUT2D eigenvalue weighted by Crippen LogP contribution is -2.43. The van der Waals surface area contributed by atoms with Crippen molar-refractivity contribution < 1.29 is 4.74 Å². The van der Waals surface area contributed by atoms with Gasteiger partial charge in [0.05, 0.1) is 5.60 Å². The second kappa shape index (κ2) is 3.82. The molecule has 0 aromatic carbocycles. The molecular formula is C12H23NO. The van der Waals surface area contributed by atoms with Crippen LogP contribution in [0.5, 0.6) is 0 Å². The summed E-state index contributed by atoms with van der Waals surface area (Å²) in [6, 6.07) is 0.796. The van der Waals surface area contributed by atoms with Crippen molar-refractivity contribution in [2.75, 3.05) is 13.7 Å². The molecule has 0 amide bonds. The third kappa shape index (κ3) is 2.71. The maximum atomic E-state index is 5.43. The fourth-order valence-electron chi connectivity index (χ4n) is 2.06. The van der Waals surface area contributed by atoms with E-state index in [1.165, 1.54) is 25.7 Å². The second-order valence-corrected chi connectivity index (χ2v) is 5.55. The van der Waals surface area contributed by atoms with Crippen LogP contribution >= 0.6 is 0 Å². The van der Waals surface area contributed by atoms with E-state index in [2.05, 4.69) is 19.2 Å². The van der Waals surface area contributed by atoms with E-state index in [-0.39, 0.29) is 5.60 Å². The quantitative estimate of drug-likeness (QED) is 0.705. The number of hydrogen-bond donors (Lipinski definition) is 1. The molecular weight excluding hydrogens is 174 g/mol. The topological polar surface area (TPSA) is 21.3 Å². The molecule has 2 rings (SSSR count). The zero-order valence-electron chi connectivity index (χ0n) is 9.68. The predicted octanol–water partition coefficient (Wildman–Crippen LogP) is 2.19. The molecule has 2 aliphatic rings. The van der Waals surface area contributed by atoms with Crippen LogP contribution in [-0.4, -0.2) is 25.3 Å². The summed E-state index contributed by atoms with van der Waals surface area (Å²) in [6.07, 6.45) is 5.78. The first-order chi connectivity index (χ1) is 6.62. The molecule has 14 heavy (non-hydrogen) atoms. The smallest absolute Gasteiger partial charge is 0.0746 e. The van der Waals surface area contributed by atoms with E-state index in [0.717, 1.165) is 24.4 Å². The van der Waals surface area contributed by atoms with Crippen molar-refractivity contribution in [3.63, 3.8) is 0 Å². The minimum atomic E-state index is -0.0119. The summed E-state index contributed by atoms with van der Waals surface area (Å²) in [5.74, 6) is 1.96. The summed E-state index contributed by atoms with van der Waals surface area (Å²) >= 11 is 0. The van der Waals surface area contributed by atoms with Gasteiger partial charge in [0.2, 0.25) is 0 Å². The first-order valence-electron chi connectivity index (χ1n) is 5.91. The molecule has 0 heterocycles. The Kier molecular flexibility index (Phi) is 2.85. The minimum absolute atomic E-state index is 0.0119. The van der Waals surface area contributed by atoms with Crippen LogP contribution in [0.2, 0.25) is 0 Å². The normalized spacial score (nSPS) is 23.1. The maximum Gasteiger partial charge on any atom is 0.0746 e. The van der Waals surface area contributed by atoms with Crippen molar-refractivity contribution >= 4 is 0 Å². The largest absolute Gasteiger partial charge is 0.377 e. The Morgan fingerprint density at radius 2 is 1.71 bits per heavy atom. The molecule has 0 atom stereocenters. The lowest BCUT2D eigenvalue weighted by atomic mass is 10.0. The Morgan fingerprint density at radius 1 is 1.21 bits per heavy atom. The van der Waals surface area contributed by atoms with E-state index in [1.54, 1.807) is 7.11 Å². The number of methoxy groups -OCH3 is 1. The second-order valence-electron chi connectivity index (χ2n) is 5.55. The van der Waals surface area contributed by atoms with Crippen molar-refractivity contribution in [1.82, 2.24) is 5.32 Å². The molecule has 0 aliphatic heterocycles. The summed E-state index contributed by atoms with van der Waals surface area (Å²) in [7, 11) is 1.80. The lowest BCUT2D eigenvalue weighted by molar-refractivity contribution is 0.0198. The Hall–Kier alpha value is -0.0800. The molecule has 2 nitrogen and oxygen atoms in total. The third-order valence-electron chi connectivity index (χ3n) is 3.58. The first-order valence-corrected chi connectivity index (χ1v) is 5.91. The molecule has 0 aromatic heterocycles. The SMILES string of the molecule is COC(C)(C)CNC(C1CC1)C1CC1. The molecule has 0 spiro atoms. The lowest BCUT2D eigenvalue weighted by Gasteiger charge is -2.27. The van der Waals surface area contributed by atoms with Crippen LogP contribution in [-0.2, 0) is 4.74 Å². The van der Waals surface area contributed by atoms with Crippen LogP contribution in [0.4, 0.5) is 0 Å². The summed E-state index contributed by atoms with van der Waals surface area (Å²) in [6.45, 7) is 5.29. The molecule has 82 valence electrons. The molecule has 2 aliphatic carbocycles.